The highest BCUT2D eigenvalue weighted by molar-refractivity contribution is 5.77. The van der Waals surface area contributed by atoms with Crippen LogP contribution in [0.15, 0.2) is 0 Å². The summed E-state index contributed by atoms with van der Waals surface area (Å²) in [6.07, 6.45) is -1.97. The highest BCUT2D eigenvalue weighted by atomic mass is 19.4. The number of piperidine rings is 1. The van der Waals surface area contributed by atoms with E-state index in [1.807, 2.05) is 4.90 Å². The number of halogens is 3. The van der Waals surface area contributed by atoms with Crippen molar-refractivity contribution < 1.29 is 37.4 Å². The number of carbonyl (C=O) groups is 3. The zero-order chi connectivity index (χ0) is 22.4. The second-order valence-electron chi connectivity index (χ2n) is 7.82. The third-order valence-electron chi connectivity index (χ3n) is 5.43. The molecular formula is C18H30F3N3O5. The Bertz CT molecular complexity index is 590. The Morgan fingerprint density at radius 3 is 2.10 bits per heavy atom. The minimum Gasteiger partial charge on any atom is -0.475 e. The molecule has 2 heterocycles. The number of likely N-dealkylation sites (N-methyl/N-ethyl adjacent to an activating group) is 1. The molecule has 8 nitrogen and oxygen atoms in total. The number of carboxylic acid groups (broad SMARTS) is 1. The van der Waals surface area contributed by atoms with Gasteiger partial charge in [0.2, 0.25) is 11.8 Å². The van der Waals surface area contributed by atoms with Gasteiger partial charge in [0.05, 0.1) is 13.2 Å². The zero-order valence-electron chi connectivity index (χ0n) is 17.3. The molecule has 0 aliphatic carbocycles. The molecule has 2 saturated heterocycles. The maximum Gasteiger partial charge on any atom is 0.490 e. The van der Waals surface area contributed by atoms with Gasteiger partial charge in [0.15, 0.2) is 0 Å². The van der Waals surface area contributed by atoms with Crippen molar-refractivity contribution in [1.82, 2.24) is 14.7 Å². The van der Waals surface area contributed by atoms with Gasteiger partial charge in [-0.3, -0.25) is 14.5 Å². The van der Waals surface area contributed by atoms with Crippen molar-refractivity contribution >= 4 is 17.8 Å². The molecule has 1 atom stereocenters. The molecule has 29 heavy (non-hydrogen) atoms. The lowest BCUT2D eigenvalue weighted by molar-refractivity contribution is -0.192. The van der Waals surface area contributed by atoms with Crippen molar-refractivity contribution in [3.8, 4) is 0 Å². The number of amides is 2. The van der Waals surface area contributed by atoms with Crippen molar-refractivity contribution in [3.05, 3.63) is 0 Å². The minimum absolute atomic E-state index is 0.138. The number of likely N-dealkylation sites (tertiary alicyclic amines) is 2. The summed E-state index contributed by atoms with van der Waals surface area (Å²) in [5.41, 5.74) is 0.238. The van der Waals surface area contributed by atoms with Crippen LogP contribution >= 0.6 is 0 Å². The fourth-order valence-corrected chi connectivity index (χ4v) is 3.77. The van der Waals surface area contributed by atoms with Crippen LogP contribution in [0.25, 0.3) is 0 Å². The number of nitrogens with zero attached hydrogens (tertiary/aromatic N) is 3. The molecule has 11 heteroatoms. The van der Waals surface area contributed by atoms with Crippen molar-refractivity contribution in [2.75, 3.05) is 54.0 Å². The van der Waals surface area contributed by atoms with E-state index in [9.17, 15) is 22.8 Å². The Kier molecular flexibility index (Phi) is 8.88. The number of alkyl halides is 3. The summed E-state index contributed by atoms with van der Waals surface area (Å²) in [6.45, 7) is 5.38. The van der Waals surface area contributed by atoms with Crippen molar-refractivity contribution in [2.24, 2.45) is 5.41 Å². The Balaban J connectivity index is 0.000000516. The van der Waals surface area contributed by atoms with Gasteiger partial charge in [0.25, 0.3) is 0 Å². The first-order valence-corrected chi connectivity index (χ1v) is 9.30. The van der Waals surface area contributed by atoms with Gasteiger partial charge >= 0.3 is 12.1 Å². The molecule has 1 spiro atoms. The molecule has 0 aromatic rings. The predicted molar refractivity (Wildman–Crippen MR) is 98.2 cm³/mol. The predicted octanol–water partition coefficient (Wildman–Crippen LogP) is 1.06. The van der Waals surface area contributed by atoms with Gasteiger partial charge in [-0.15, -0.1) is 0 Å². The van der Waals surface area contributed by atoms with E-state index in [-0.39, 0.29) is 17.2 Å². The van der Waals surface area contributed by atoms with Gasteiger partial charge in [-0.2, -0.15) is 13.2 Å². The first-order valence-electron chi connectivity index (χ1n) is 9.30. The molecule has 168 valence electrons. The number of methoxy groups -OCH3 is 1. The number of carboxylic acids is 1. The van der Waals surface area contributed by atoms with Crippen LogP contribution in [0, 0.1) is 5.41 Å². The van der Waals surface area contributed by atoms with E-state index >= 15 is 0 Å². The number of hydrogen-bond donors (Lipinski definition) is 1. The van der Waals surface area contributed by atoms with Crippen LogP contribution in [-0.4, -0.2) is 104 Å². The molecule has 1 N–H and O–H groups in total. The van der Waals surface area contributed by atoms with Crippen LogP contribution in [-0.2, 0) is 19.1 Å². The average Bonchev–Trinajstić information content (AvgIpc) is 2.92. The SMILES string of the molecule is COCC1CC2(CCN(C(C)=O)CC2)CN1CC(=O)N(C)C.O=C(O)C(F)(F)F. The van der Waals surface area contributed by atoms with Crippen molar-refractivity contribution in [3.63, 3.8) is 0 Å². The summed E-state index contributed by atoms with van der Waals surface area (Å²) in [5.74, 6) is -2.45. The summed E-state index contributed by atoms with van der Waals surface area (Å²) in [4.78, 5) is 38.3. The second-order valence-corrected chi connectivity index (χ2v) is 7.82. The lowest BCUT2D eigenvalue weighted by atomic mass is 9.76. The maximum atomic E-state index is 12.1. The number of ether oxygens (including phenoxy) is 1. The minimum atomic E-state index is -5.08. The normalized spacial score (nSPS) is 21.5. The zero-order valence-corrected chi connectivity index (χ0v) is 17.3. The molecular weight excluding hydrogens is 395 g/mol. The number of aliphatic carboxylic acids is 1. The summed E-state index contributed by atoms with van der Waals surface area (Å²) in [6, 6.07) is 0.303. The summed E-state index contributed by atoms with van der Waals surface area (Å²) >= 11 is 0. The maximum absolute atomic E-state index is 12.1. The third-order valence-corrected chi connectivity index (χ3v) is 5.43. The highest BCUT2D eigenvalue weighted by Crippen LogP contribution is 2.43. The lowest BCUT2D eigenvalue weighted by Crippen LogP contribution is -2.44. The molecule has 1 unspecified atom stereocenters. The standard InChI is InChI=1S/C16H29N3O3.C2HF3O2/c1-13(20)18-7-5-16(6-8-18)9-14(11-22-4)19(12-16)10-15(21)17(2)3;3-2(4,5)1(6)7/h14H,5-12H2,1-4H3;(H,6,7). The Labute approximate surface area is 168 Å². The molecule has 2 rings (SSSR count). The highest BCUT2D eigenvalue weighted by Gasteiger charge is 2.46. The quantitative estimate of drug-likeness (QED) is 0.725. The van der Waals surface area contributed by atoms with E-state index in [2.05, 4.69) is 4.90 Å². The third kappa shape index (κ3) is 7.46. The van der Waals surface area contributed by atoms with E-state index in [4.69, 9.17) is 14.6 Å². The summed E-state index contributed by atoms with van der Waals surface area (Å²) in [7, 11) is 5.31. The van der Waals surface area contributed by atoms with Crippen LogP contribution < -0.4 is 0 Å². The Hall–Kier alpha value is -1.88. The largest absolute Gasteiger partial charge is 0.490 e. The van der Waals surface area contributed by atoms with Gasteiger partial charge in [-0.1, -0.05) is 0 Å². The van der Waals surface area contributed by atoms with Gasteiger partial charge in [-0.25, -0.2) is 4.79 Å². The molecule has 2 aliphatic rings. The second kappa shape index (κ2) is 10.2. The average molecular weight is 425 g/mol. The van der Waals surface area contributed by atoms with E-state index in [1.165, 1.54) is 0 Å². The van der Waals surface area contributed by atoms with Gasteiger partial charge in [-0.05, 0) is 24.7 Å². The fourth-order valence-electron chi connectivity index (χ4n) is 3.77. The van der Waals surface area contributed by atoms with Crippen LogP contribution in [0.2, 0.25) is 0 Å². The molecule has 0 aromatic heterocycles. The molecule has 0 radical (unpaired) electrons. The fraction of sp³-hybridized carbons (Fsp3) is 0.833. The molecule has 0 bridgehead atoms. The lowest BCUT2D eigenvalue weighted by Gasteiger charge is -2.39. The van der Waals surface area contributed by atoms with Crippen LogP contribution in [0.1, 0.15) is 26.2 Å². The van der Waals surface area contributed by atoms with Gasteiger partial charge in [0.1, 0.15) is 0 Å². The molecule has 0 saturated carbocycles. The van der Waals surface area contributed by atoms with Crippen molar-refractivity contribution in [2.45, 2.75) is 38.4 Å². The van der Waals surface area contributed by atoms with Gasteiger partial charge < -0.3 is 19.6 Å². The van der Waals surface area contributed by atoms with Crippen LogP contribution in [0.4, 0.5) is 13.2 Å². The smallest absolute Gasteiger partial charge is 0.475 e. The van der Waals surface area contributed by atoms with Crippen LogP contribution in [0.5, 0.6) is 0 Å². The first kappa shape index (κ1) is 25.2. The molecule has 2 aliphatic heterocycles. The van der Waals surface area contributed by atoms with Crippen molar-refractivity contribution in [1.29, 1.82) is 0 Å². The van der Waals surface area contributed by atoms with Crippen LogP contribution in [0.3, 0.4) is 0 Å². The summed E-state index contributed by atoms with van der Waals surface area (Å²) < 4.78 is 37.1. The van der Waals surface area contributed by atoms with E-state index < -0.39 is 12.1 Å². The van der Waals surface area contributed by atoms with E-state index in [0.29, 0.717) is 19.2 Å². The summed E-state index contributed by atoms with van der Waals surface area (Å²) in [5, 5.41) is 7.12. The monoisotopic (exact) mass is 425 g/mol. The Morgan fingerprint density at radius 1 is 1.21 bits per heavy atom. The molecule has 2 fully saturated rings. The molecule has 0 aromatic carbocycles. The van der Waals surface area contributed by atoms with Gasteiger partial charge in [0, 0.05) is 53.8 Å². The van der Waals surface area contributed by atoms with E-state index in [0.717, 1.165) is 38.9 Å². The number of hydrogen-bond acceptors (Lipinski definition) is 5. The topological polar surface area (TPSA) is 90.4 Å². The van der Waals surface area contributed by atoms with E-state index in [1.54, 1.807) is 33.0 Å². The first-order chi connectivity index (χ1) is 13.3. The Morgan fingerprint density at radius 2 is 1.72 bits per heavy atom. The molecule has 2 amide bonds. The number of carbonyl (C=O) groups excluding carboxylic acids is 2. The number of rotatable bonds is 4.